The van der Waals surface area contributed by atoms with E-state index in [1.807, 2.05) is 18.2 Å². The molecule has 1 aromatic carbocycles. The van der Waals surface area contributed by atoms with Gasteiger partial charge in [-0.25, -0.2) is 9.37 Å². The molecular weight excluding hydrogens is 195 g/mol. The van der Waals surface area contributed by atoms with Gasteiger partial charge in [-0.15, -0.1) is 0 Å². The Bertz CT molecular complexity index is 459. The van der Waals surface area contributed by atoms with E-state index < -0.39 is 5.67 Å². The molecule has 0 atom stereocenters. The van der Waals surface area contributed by atoms with Gasteiger partial charge < -0.3 is 9.73 Å². The van der Waals surface area contributed by atoms with Gasteiger partial charge >= 0.3 is 0 Å². The van der Waals surface area contributed by atoms with Gasteiger partial charge in [0.15, 0.2) is 12.0 Å². The second-order valence-electron chi connectivity index (χ2n) is 4.11. The van der Waals surface area contributed by atoms with Crippen LogP contribution in [0.4, 0.5) is 10.1 Å². The van der Waals surface area contributed by atoms with Crippen molar-refractivity contribution >= 4 is 16.8 Å². The fourth-order valence-electron chi connectivity index (χ4n) is 1.28. The molecule has 0 saturated carbocycles. The molecule has 0 bridgehead atoms. The van der Waals surface area contributed by atoms with Crippen LogP contribution in [0.15, 0.2) is 29.0 Å². The van der Waals surface area contributed by atoms with E-state index in [9.17, 15) is 4.39 Å². The quantitative estimate of drug-likeness (QED) is 0.842. The molecule has 1 heterocycles. The van der Waals surface area contributed by atoms with E-state index in [1.54, 1.807) is 0 Å². The normalized spacial score (nSPS) is 11.9. The highest BCUT2D eigenvalue weighted by molar-refractivity contribution is 5.76. The average molecular weight is 208 g/mol. The number of alkyl halides is 1. The monoisotopic (exact) mass is 208 g/mol. The molecule has 2 rings (SSSR count). The van der Waals surface area contributed by atoms with Gasteiger partial charge in [0.05, 0.1) is 0 Å². The molecule has 0 aliphatic rings. The van der Waals surface area contributed by atoms with E-state index in [0.717, 1.165) is 16.8 Å². The lowest BCUT2D eigenvalue weighted by molar-refractivity contribution is 0.235. The van der Waals surface area contributed by atoms with Crippen LogP contribution in [0.5, 0.6) is 0 Å². The van der Waals surface area contributed by atoms with Crippen LogP contribution in [0, 0.1) is 0 Å². The summed E-state index contributed by atoms with van der Waals surface area (Å²) in [6.07, 6.45) is 1.40. The van der Waals surface area contributed by atoms with Crippen molar-refractivity contribution in [1.82, 2.24) is 4.98 Å². The lowest BCUT2D eigenvalue weighted by Crippen LogP contribution is -2.24. The van der Waals surface area contributed by atoms with Gasteiger partial charge in [-0.2, -0.15) is 0 Å². The lowest BCUT2D eigenvalue weighted by Gasteiger charge is -2.15. The Hall–Kier alpha value is -1.58. The van der Waals surface area contributed by atoms with E-state index in [4.69, 9.17) is 4.42 Å². The first-order valence-electron chi connectivity index (χ1n) is 4.81. The summed E-state index contributed by atoms with van der Waals surface area (Å²) < 4.78 is 18.3. The first-order valence-corrected chi connectivity index (χ1v) is 4.81. The molecule has 15 heavy (non-hydrogen) atoms. The number of hydrogen-bond acceptors (Lipinski definition) is 3. The fourth-order valence-corrected chi connectivity index (χ4v) is 1.28. The Kier molecular flexibility index (Phi) is 2.34. The largest absolute Gasteiger partial charge is 0.443 e. The molecule has 80 valence electrons. The van der Waals surface area contributed by atoms with Gasteiger partial charge in [0.25, 0.3) is 0 Å². The van der Waals surface area contributed by atoms with Crippen LogP contribution in [-0.2, 0) is 0 Å². The number of anilines is 1. The van der Waals surface area contributed by atoms with Crippen molar-refractivity contribution in [2.24, 2.45) is 0 Å². The van der Waals surface area contributed by atoms with Crippen LogP contribution in [0.2, 0.25) is 0 Å². The van der Waals surface area contributed by atoms with E-state index >= 15 is 0 Å². The highest BCUT2D eigenvalue weighted by atomic mass is 19.1. The summed E-state index contributed by atoms with van der Waals surface area (Å²) in [6, 6.07) is 5.50. The summed E-state index contributed by atoms with van der Waals surface area (Å²) in [7, 11) is 0. The predicted molar refractivity (Wildman–Crippen MR) is 57.7 cm³/mol. The minimum atomic E-state index is -1.22. The smallest absolute Gasteiger partial charge is 0.181 e. The van der Waals surface area contributed by atoms with E-state index in [0.29, 0.717) is 0 Å². The Labute approximate surface area is 87.3 Å². The third kappa shape index (κ3) is 2.46. The highest BCUT2D eigenvalue weighted by Crippen LogP contribution is 2.18. The summed E-state index contributed by atoms with van der Waals surface area (Å²) in [4.78, 5) is 4.02. The number of nitrogens with one attached hydrogen (secondary N) is 1. The van der Waals surface area contributed by atoms with Crippen molar-refractivity contribution in [3.63, 3.8) is 0 Å². The first-order chi connectivity index (χ1) is 7.04. The Morgan fingerprint density at radius 3 is 3.00 bits per heavy atom. The number of benzene rings is 1. The Morgan fingerprint density at radius 1 is 1.47 bits per heavy atom. The van der Waals surface area contributed by atoms with Crippen LogP contribution in [0.3, 0.4) is 0 Å². The van der Waals surface area contributed by atoms with Crippen LogP contribution in [0.1, 0.15) is 13.8 Å². The zero-order chi connectivity index (χ0) is 10.9. The number of halogens is 1. The standard InChI is InChI=1S/C11H13FN2O/c1-11(2,12)6-13-8-3-4-10-9(5-8)14-7-15-10/h3-5,7,13H,6H2,1-2H3. The average Bonchev–Trinajstić information content (AvgIpc) is 2.60. The minimum absolute atomic E-state index is 0.274. The second-order valence-corrected chi connectivity index (χ2v) is 4.11. The molecule has 3 nitrogen and oxygen atoms in total. The van der Waals surface area contributed by atoms with Crippen LogP contribution in [-0.4, -0.2) is 17.2 Å². The molecule has 0 amide bonds. The Morgan fingerprint density at radius 2 is 2.27 bits per heavy atom. The number of oxazole rings is 1. The molecule has 0 saturated heterocycles. The van der Waals surface area contributed by atoms with Crippen molar-refractivity contribution < 1.29 is 8.81 Å². The summed E-state index contributed by atoms with van der Waals surface area (Å²) in [5.74, 6) is 0. The maximum atomic E-state index is 13.2. The minimum Gasteiger partial charge on any atom is -0.443 e. The fraction of sp³-hybridized carbons (Fsp3) is 0.364. The number of hydrogen-bond donors (Lipinski definition) is 1. The molecule has 0 fully saturated rings. The summed E-state index contributed by atoms with van der Waals surface area (Å²) in [6.45, 7) is 3.35. The lowest BCUT2D eigenvalue weighted by atomic mass is 10.1. The number of aromatic nitrogens is 1. The first kappa shape index (κ1) is 9.96. The van der Waals surface area contributed by atoms with Crippen LogP contribution < -0.4 is 5.32 Å². The maximum Gasteiger partial charge on any atom is 0.181 e. The van der Waals surface area contributed by atoms with Gasteiger partial charge in [0.1, 0.15) is 11.2 Å². The van der Waals surface area contributed by atoms with Gasteiger partial charge in [0.2, 0.25) is 0 Å². The molecule has 0 aliphatic carbocycles. The van der Waals surface area contributed by atoms with Crippen molar-refractivity contribution in [3.05, 3.63) is 24.6 Å². The van der Waals surface area contributed by atoms with E-state index in [-0.39, 0.29) is 6.54 Å². The molecule has 1 N–H and O–H groups in total. The Balaban J connectivity index is 2.15. The van der Waals surface area contributed by atoms with Gasteiger partial charge in [0, 0.05) is 12.2 Å². The summed E-state index contributed by atoms with van der Waals surface area (Å²) in [5.41, 5.74) is 1.14. The predicted octanol–water partition coefficient (Wildman–Crippen LogP) is 2.99. The SMILES string of the molecule is CC(C)(F)CNc1ccc2ocnc2c1. The van der Waals surface area contributed by atoms with Gasteiger partial charge in [-0.3, -0.25) is 0 Å². The van der Waals surface area contributed by atoms with Crippen molar-refractivity contribution in [3.8, 4) is 0 Å². The van der Waals surface area contributed by atoms with Crippen molar-refractivity contribution in [2.45, 2.75) is 19.5 Å². The molecule has 0 aliphatic heterocycles. The highest BCUT2D eigenvalue weighted by Gasteiger charge is 2.14. The van der Waals surface area contributed by atoms with E-state index in [1.165, 1.54) is 20.2 Å². The zero-order valence-electron chi connectivity index (χ0n) is 8.75. The second kappa shape index (κ2) is 3.53. The van der Waals surface area contributed by atoms with Crippen LogP contribution >= 0.6 is 0 Å². The van der Waals surface area contributed by atoms with Crippen molar-refractivity contribution in [2.75, 3.05) is 11.9 Å². The number of nitrogens with zero attached hydrogens (tertiary/aromatic N) is 1. The van der Waals surface area contributed by atoms with Gasteiger partial charge in [-0.05, 0) is 32.0 Å². The van der Waals surface area contributed by atoms with Crippen LogP contribution in [0.25, 0.3) is 11.1 Å². The number of rotatable bonds is 3. The molecule has 1 aromatic heterocycles. The summed E-state index contributed by atoms with van der Waals surface area (Å²) >= 11 is 0. The summed E-state index contributed by atoms with van der Waals surface area (Å²) in [5, 5.41) is 3.01. The van der Waals surface area contributed by atoms with Crippen molar-refractivity contribution in [1.29, 1.82) is 0 Å². The van der Waals surface area contributed by atoms with Gasteiger partial charge in [-0.1, -0.05) is 0 Å². The number of fused-ring (bicyclic) bond motifs is 1. The zero-order valence-corrected chi connectivity index (χ0v) is 8.75. The molecule has 0 radical (unpaired) electrons. The molecule has 0 spiro atoms. The third-order valence-corrected chi connectivity index (χ3v) is 2.04. The van der Waals surface area contributed by atoms with E-state index in [2.05, 4.69) is 10.3 Å². The third-order valence-electron chi connectivity index (χ3n) is 2.04. The molecule has 4 heteroatoms. The topological polar surface area (TPSA) is 38.1 Å². The molecule has 0 unspecified atom stereocenters. The maximum absolute atomic E-state index is 13.2. The molecular formula is C11H13FN2O. The molecule has 2 aromatic rings.